The first-order chi connectivity index (χ1) is 11.0. The number of carboxylic acids is 1. The first-order valence-electron chi connectivity index (χ1n) is 7.29. The standard InChI is InChI=1S/C15H18Cl2N2O4/c16-10-4-1-5-11(14(10)17)19-13(20)7-12(15(21)22)18-8-9-3-2-6-23-9/h1,4-5,9,12,18H,2-3,6-8H2,(H,19,20)(H,21,22)/t9-,12-/m0/s1. The van der Waals surface area contributed by atoms with Gasteiger partial charge in [0.05, 0.1) is 28.3 Å². The number of rotatable bonds is 7. The van der Waals surface area contributed by atoms with E-state index >= 15 is 0 Å². The predicted octanol–water partition coefficient (Wildman–Crippen LogP) is 2.54. The van der Waals surface area contributed by atoms with Crippen LogP contribution in [0, 0.1) is 0 Å². The number of hydrogen-bond acceptors (Lipinski definition) is 4. The highest BCUT2D eigenvalue weighted by molar-refractivity contribution is 6.43. The number of nitrogens with one attached hydrogen (secondary N) is 2. The number of carbonyl (C=O) groups excluding carboxylic acids is 1. The Hall–Kier alpha value is -1.34. The maximum absolute atomic E-state index is 12.0. The molecule has 23 heavy (non-hydrogen) atoms. The Morgan fingerprint density at radius 1 is 1.39 bits per heavy atom. The number of benzene rings is 1. The summed E-state index contributed by atoms with van der Waals surface area (Å²) in [7, 11) is 0. The molecule has 2 rings (SSSR count). The van der Waals surface area contributed by atoms with Gasteiger partial charge in [0.25, 0.3) is 0 Å². The highest BCUT2D eigenvalue weighted by Crippen LogP contribution is 2.29. The van der Waals surface area contributed by atoms with Gasteiger partial charge in [0.2, 0.25) is 5.91 Å². The minimum absolute atomic E-state index is 0.00212. The number of aliphatic carboxylic acids is 1. The van der Waals surface area contributed by atoms with Crippen LogP contribution in [0.1, 0.15) is 19.3 Å². The third-order valence-corrected chi connectivity index (χ3v) is 4.35. The number of halogens is 2. The van der Waals surface area contributed by atoms with Crippen molar-refractivity contribution in [1.82, 2.24) is 5.32 Å². The van der Waals surface area contributed by atoms with Gasteiger partial charge < -0.3 is 20.5 Å². The number of carboxylic acid groups (broad SMARTS) is 1. The lowest BCUT2D eigenvalue weighted by Gasteiger charge is -2.17. The first-order valence-corrected chi connectivity index (χ1v) is 8.04. The second-order valence-electron chi connectivity index (χ2n) is 5.29. The fraction of sp³-hybridized carbons (Fsp3) is 0.467. The first kappa shape index (κ1) is 18.0. The molecule has 8 heteroatoms. The van der Waals surface area contributed by atoms with Crippen molar-refractivity contribution in [3.63, 3.8) is 0 Å². The maximum Gasteiger partial charge on any atom is 0.321 e. The van der Waals surface area contributed by atoms with E-state index in [4.69, 9.17) is 27.9 Å². The number of hydrogen-bond donors (Lipinski definition) is 3. The molecule has 1 fully saturated rings. The molecule has 126 valence electrons. The molecule has 0 spiro atoms. The van der Waals surface area contributed by atoms with Crippen molar-refractivity contribution in [1.29, 1.82) is 0 Å². The molecular weight excluding hydrogens is 343 g/mol. The number of carbonyl (C=O) groups is 2. The van der Waals surface area contributed by atoms with Gasteiger partial charge >= 0.3 is 5.97 Å². The van der Waals surface area contributed by atoms with Gasteiger partial charge in [-0.05, 0) is 25.0 Å². The zero-order valence-electron chi connectivity index (χ0n) is 12.4. The Morgan fingerprint density at radius 3 is 2.83 bits per heavy atom. The maximum atomic E-state index is 12.0. The Balaban J connectivity index is 1.89. The van der Waals surface area contributed by atoms with Crippen molar-refractivity contribution in [3.05, 3.63) is 28.2 Å². The second kappa shape index (κ2) is 8.49. The Bertz CT molecular complexity index is 577. The van der Waals surface area contributed by atoms with Crippen molar-refractivity contribution in [2.45, 2.75) is 31.4 Å². The molecule has 1 aromatic carbocycles. The molecular formula is C15H18Cl2N2O4. The summed E-state index contributed by atoms with van der Waals surface area (Å²) in [5.41, 5.74) is 0.354. The molecule has 1 amide bonds. The highest BCUT2D eigenvalue weighted by atomic mass is 35.5. The Labute approximate surface area is 144 Å². The normalized spacial score (nSPS) is 18.6. The Kier molecular flexibility index (Phi) is 6.65. The van der Waals surface area contributed by atoms with E-state index in [0.29, 0.717) is 23.9 Å². The second-order valence-corrected chi connectivity index (χ2v) is 6.07. The zero-order valence-corrected chi connectivity index (χ0v) is 13.9. The molecule has 6 nitrogen and oxygen atoms in total. The van der Waals surface area contributed by atoms with Crippen LogP contribution in [0.15, 0.2) is 18.2 Å². The van der Waals surface area contributed by atoms with Crippen LogP contribution in [0.5, 0.6) is 0 Å². The van der Waals surface area contributed by atoms with Gasteiger partial charge in [-0.1, -0.05) is 29.3 Å². The summed E-state index contributed by atoms with van der Waals surface area (Å²) in [4.78, 5) is 23.3. The topological polar surface area (TPSA) is 87.7 Å². The number of amides is 1. The minimum atomic E-state index is -1.09. The molecule has 3 N–H and O–H groups in total. The van der Waals surface area contributed by atoms with E-state index in [1.165, 1.54) is 0 Å². The van der Waals surface area contributed by atoms with E-state index in [2.05, 4.69) is 10.6 Å². The van der Waals surface area contributed by atoms with Crippen LogP contribution in [0.25, 0.3) is 0 Å². The molecule has 0 aromatic heterocycles. The van der Waals surface area contributed by atoms with Crippen molar-refractivity contribution in [3.8, 4) is 0 Å². The average molecular weight is 361 g/mol. The van der Waals surface area contributed by atoms with Crippen molar-refractivity contribution in [2.75, 3.05) is 18.5 Å². The van der Waals surface area contributed by atoms with E-state index in [1.54, 1.807) is 18.2 Å². The van der Waals surface area contributed by atoms with Crippen LogP contribution in [0.3, 0.4) is 0 Å². The van der Waals surface area contributed by atoms with Gasteiger partial charge in [0.1, 0.15) is 6.04 Å². The fourth-order valence-electron chi connectivity index (χ4n) is 2.31. The molecule has 0 saturated carbocycles. The van der Waals surface area contributed by atoms with Crippen LogP contribution in [0.4, 0.5) is 5.69 Å². The molecule has 0 bridgehead atoms. The summed E-state index contributed by atoms with van der Waals surface area (Å²) >= 11 is 11.9. The van der Waals surface area contributed by atoms with E-state index in [-0.39, 0.29) is 17.5 Å². The monoisotopic (exact) mass is 360 g/mol. The number of ether oxygens (including phenoxy) is 1. The fourth-order valence-corrected chi connectivity index (χ4v) is 2.66. The molecule has 1 saturated heterocycles. The van der Waals surface area contributed by atoms with Crippen molar-refractivity contribution >= 4 is 40.8 Å². The summed E-state index contributed by atoms with van der Waals surface area (Å²) in [5, 5.41) is 15.2. The van der Waals surface area contributed by atoms with Gasteiger partial charge in [-0.25, -0.2) is 0 Å². The summed E-state index contributed by atoms with van der Waals surface area (Å²) in [6.07, 6.45) is 1.65. The minimum Gasteiger partial charge on any atom is -0.480 e. The summed E-state index contributed by atoms with van der Waals surface area (Å²) in [6, 6.07) is 3.86. The van der Waals surface area contributed by atoms with Gasteiger partial charge in [-0.3, -0.25) is 9.59 Å². The van der Waals surface area contributed by atoms with E-state index < -0.39 is 17.9 Å². The van der Waals surface area contributed by atoms with Crippen LogP contribution in [0.2, 0.25) is 10.0 Å². The molecule has 0 radical (unpaired) electrons. The van der Waals surface area contributed by atoms with Crippen LogP contribution in [-0.4, -0.2) is 42.3 Å². The summed E-state index contributed by atoms with van der Waals surface area (Å²) in [6.45, 7) is 1.10. The largest absolute Gasteiger partial charge is 0.480 e. The zero-order chi connectivity index (χ0) is 16.8. The predicted molar refractivity (Wildman–Crippen MR) is 88.1 cm³/mol. The van der Waals surface area contributed by atoms with E-state index in [9.17, 15) is 14.7 Å². The lowest BCUT2D eigenvalue weighted by atomic mass is 10.1. The molecule has 1 aliphatic heterocycles. The number of anilines is 1. The SMILES string of the molecule is O=C(C[C@H](NC[C@@H]1CCCO1)C(=O)O)Nc1cccc(Cl)c1Cl. The molecule has 0 aliphatic carbocycles. The van der Waals surface area contributed by atoms with E-state index in [1.807, 2.05) is 0 Å². The molecule has 1 aromatic rings. The average Bonchev–Trinajstić information content (AvgIpc) is 3.01. The summed E-state index contributed by atoms with van der Waals surface area (Å²) in [5.74, 6) is -1.54. The molecule has 1 aliphatic rings. The molecule has 1 heterocycles. The van der Waals surface area contributed by atoms with Crippen molar-refractivity contribution in [2.24, 2.45) is 0 Å². The van der Waals surface area contributed by atoms with Crippen molar-refractivity contribution < 1.29 is 19.4 Å². The smallest absolute Gasteiger partial charge is 0.321 e. The van der Waals surface area contributed by atoms with Crippen LogP contribution >= 0.6 is 23.2 Å². The lowest BCUT2D eigenvalue weighted by molar-refractivity contribution is -0.141. The van der Waals surface area contributed by atoms with Gasteiger partial charge in [0, 0.05) is 13.2 Å². The molecule has 2 atom stereocenters. The van der Waals surface area contributed by atoms with Crippen LogP contribution < -0.4 is 10.6 Å². The molecule has 0 unspecified atom stereocenters. The third kappa shape index (κ3) is 5.35. The van der Waals surface area contributed by atoms with E-state index in [0.717, 1.165) is 12.8 Å². The Morgan fingerprint density at radius 2 is 2.17 bits per heavy atom. The van der Waals surface area contributed by atoms with Gasteiger partial charge in [-0.15, -0.1) is 0 Å². The lowest BCUT2D eigenvalue weighted by Crippen LogP contribution is -2.43. The highest BCUT2D eigenvalue weighted by Gasteiger charge is 2.24. The summed E-state index contributed by atoms with van der Waals surface area (Å²) < 4.78 is 5.42. The third-order valence-electron chi connectivity index (χ3n) is 3.53. The van der Waals surface area contributed by atoms with Gasteiger partial charge in [-0.2, -0.15) is 0 Å². The quantitative estimate of drug-likeness (QED) is 0.695. The van der Waals surface area contributed by atoms with Crippen LogP contribution in [-0.2, 0) is 14.3 Å². The van der Waals surface area contributed by atoms with Gasteiger partial charge in [0.15, 0.2) is 0 Å².